The van der Waals surface area contributed by atoms with E-state index in [0.29, 0.717) is 31.2 Å². The lowest BCUT2D eigenvalue weighted by Gasteiger charge is -2.32. The number of hydrogen-bond donors (Lipinski definition) is 1. The molecule has 19 heavy (non-hydrogen) atoms. The maximum absolute atomic E-state index is 11.6. The van der Waals surface area contributed by atoms with Gasteiger partial charge in [-0.2, -0.15) is 0 Å². The predicted octanol–water partition coefficient (Wildman–Crippen LogP) is 0.815. The van der Waals surface area contributed by atoms with Crippen LogP contribution in [0.25, 0.3) is 0 Å². The van der Waals surface area contributed by atoms with Crippen molar-refractivity contribution < 1.29 is 13.2 Å². The smallest absolute Gasteiger partial charge is 0.211 e. The summed E-state index contributed by atoms with van der Waals surface area (Å²) in [4.78, 5) is 0. The average Bonchev–Trinajstić information content (AvgIpc) is 2.89. The van der Waals surface area contributed by atoms with Crippen molar-refractivity contribution in [2.24, 2.45) is 5.92 Å². The van der Waals surface area contributed by atoms with Gasteiger partial charge in [-0.15, -0.1) is 0 Å². The molecule has 0 aromatic rings. The molecule has 2 rings (SSSR count). The van der Waals surface area contributed by atoms with Crippen LogP contribution < -0.4 is 5.32 Å². The van der Waals surface area contributed by atoms with E-state index in [2.05, 4.69) is 12.2 Å². The van der Waals surface area contributed by atoms with Gasteiger partial charge in [0.1, 0.15) is 0 Å². The van der Waals surface area contributed by atoms with Gasteiger partial charge < -0.3 is 10.1 Å². The third-order valence-electron chi connectivity index (χ3n) is 4.20. The molecule has 5 nitrogen and oxygen atoms in total. The Morgan fingerprint density at radius 2 is 2.16 bits per heavy atom. The summed E-state index contributed by atoms with van der Waals surface area (Å²) in [5.74, 6) is 0.423. The minimum absolute atomic E-state index is 0.328. The monoisotopic (exact) mass is 290 g/mol. The van der Waals surface area contributed by atoms with Gasteiger partial charge in [-0.25, -0.2) is 12.7 Å². The van der Waals surface area contributed by atoms with Gasteiger partial charge in [0.2, 0.25) is 10.0 Å². The second-order valence-electron chi connectivity index (χ2n) is 5.88. The molecule has 0 aromatic carbocycles. The molecular weight excluding hydrogens is 264 g/mol. The summed E-state index contributed by atoms with van der Waals surface area (Å²) in [6, 6.07) is 0.358. The molecule has 2 heterocycles. The number of piperidine rings is 1. The molecule has 6 heteroatoms. The van der Waals surface area contributed by atoms with Crippen LogP contribution in [0, 0.1) is 5.92 Å². The van der Waals surface area contributed by atoms with Crippen LogP contribution in [-0.4, -0.2) is 57.4 Å². The molecule has 1 N–H and O–H groups in total. The summed E-state index contributed by atoms with van der Waals surface area (Å²) >= 11 is 0. The van der Waals surface area contributed by atoms with Crippen LogP contribution >= 0.6 is 0 Å². The fourth-order valence-corrected chi connectivity index (χ4v) is 3.92. The Hall–Kier alpha value is -0.170. The molecular formula is C13H26N2O3S. The highest BCUT2D eigenvalue weighted by Crippen LogP contribution is 2.19. The lowest BCUT2D eigenvalue weighted by molar-refractivity contribution is 0.0810. The quantitative estimate of drug-likeness (QED) is 0.814. The summed E-state index contributed by atoms with van der Waals surface area (Å²) < 4.78 is 30.4. The number of sulfonamides is 1. The second kappa shape index (κ2) is 6.52. The van der Waals surface area contributed by atoms with Crippen LogP contribution in [0.3, 0.4) is 0 Å². The zero-order chi connectivity index (χ0) is 13.9. The number of rotatable bonds is 5. The van der Waals surface area contributed by atoms with E-state index >= 15 is 0 Å². The first-order chi connectivity index (χ1) is 8.97. The number of nitrogens with one attached hydrogen (secondary N) is 1. The van der Waals surface area contributed by atoms with Gasteiger partial charge in [-0.3, -0.25) is 0 Å². The van der Waals surface area contributed by atoms with Crippen molar-refractivity contribution in [3.8, 4) is 0 Å². The molecule has 2 fully saturated rings. The van der Waals surface area contributed by atoms with E-state index in [9.17, 15) is 8.42 Å². The molecule has 0 aliphatic carbocycles. The molecule has 0 radical (unpaired) electrons. The molecule has 0 aromatic heterocycles. The van der Waals surface area contributed by atoms with Gasteiger partial charge >= 0.3 is 0 Å². The van der Waals surface area contributed by atoms with Crippen LogP contribution in [0.2, 0.25) is 0 Å². The standard InChI is InChI=1S/C13H26N2O3S/c1-11(13-6-4-8-18-13)14-9-12-5-3-7-15(10-12)19(2,16)17/h11-14H,3-10H2,1-2H3. The number of ether oxygens (including phenoxy) is 1. The summed E-state index contributed by atoms with van der Waals surface area (Å²) in [5.41, 5.74) is 0. The Morgan fingerprint density at radius 1 is 1.37 bits per heavy atom. The SMILES string of the molecule is CC(NCC1CCCN(S(C)(=O)=O)C1)C1CCCO1. The van der Waals surface area contributed by atoms with E-state index in [1.54, 1.807) is 4.31 Å². The van der Waals surface area contributed by atoms with E-state index in [0.717, 1.165) is 38.8 Å². The van der Waals surface area contributed by atoms with Crippen molar-refractivity contribution in [2.45, 2.75) is 44.8 Å². The molecule has 2 saturated heterocycles. The van der Waals surface area contributed by atoms with Gasteiger partial charge in [0, 0.05) is 25.7 Å². The third-order valence-corrected chi connectivity index (χ3v) is 5.47. The second-order valence-corrected chi connectivity index (χ2v) is 7.86. The third kappa shape index (κ3) is 4.41. The summed E-state index contributed by atoms with van der Waals surface area (Å²) in [6.45, 7) is 5.25. The van der Waals surface area contributed by atoms with Crippen LogP contribution in [-0.2, 0) is 14.8 Å². The van der Waals surface area contributed by atoms with Gasteiger partial charge in [0.05, 0.1) is 12.4 Å². The molecule has 3 atom stereocenters. The zero-order valence-electron chi connectivity index (χ0n) is 12.0. The summed E-state index contributed by atoms with van der Waals surface area (Å²) in [6.07, 6.45) is 5.99. The average molecular weight is 290 g/mol. The lowest BCUT2D eigenvalue weighted by atomic mass is 9.99. The molecule has 0 spiro atoms. The van der Waals surface area contributed by atoms with Crippen molar-refractivity contribution in [2.75, 3.05) is 32.5 Å². The molecule has 2 aliphatic heterocycles. The van der Waals surface area contributed by atoms with Gasteiger partial charge in [0.25, 0.3) is 0 Å². The van der Waals surface area contributed by atoms with E-state index in [1.165, 1.54) is 6.26 Å². The molecule has 0 amide bonds. The Morgan fingerprint density at radius 3 is 2.79 bits per heavy atom. The van der Waals surface area contributed by atoms with Crippen molar-refractivity contribution in [3.05, 3.63) is 0 Å². The Labute approximate surface area is 116 Å². The first kappa shape index (κ1) is 15.2. The topological polar surface area (TPSA) is 58.6 Å². The van der Waals surface area contributed by atoms with Gasteiger partial charge in [-0.1, -0.05) is 0 Å². The molecule has 112 valence electrons. The minimum Gasteiger partial charge on any atom is -0.377 e. The number of nitrogens with zero attached hydrogens (tertiary/aromatic N) is 1. The number of hydrogen-bond acceptors (Lipinski definition) is 4. The van der Waals surface area contributed by atoms with E-state index < -0.39 is 10.0 Å². The highest BCUT2D eigenvalue weighted by molar-refractivity contribution is 7.88. The van der Waals surface area contributed by atoms with Crippen LogP contribution in [0.5, 0.6) is 0 Å². The molecule has 3 unspecified atom stereocenters. The Kier molecular flexibility index (Phi) is 5.22. The molecule has 0 saturated carbocycles. The largest absolute Gasteiger partial charge is 0.377 e. The Balaban J connectivity index is 1.76. The van der Waals surface area contributed by atoms with E-state index in [1.807, 2.05) is 0 Å². The fourth-order valence-electron chi connectivity index (χ4n) is 2.98. The van der Waals surface area contributed by atoms with Crippen LogP contribution in [0.15, 0.2) is 0 Å². The highest BCUT2D eigenvalue weighted by Gasteiger charge is 2.27. The van der Waals surface area contributed by atoms with Gasteiger partial charge in [-0.05, 0) is 45.1 Å². The molecule has 0 bridgehead atoms. The first-order valence-corrected chi connectivity index (χ1v) is 9.12. The summed E-state index contributed by atoms with van der Waals surface area (Å²) in [5, 5.41) is 3.52. The van der Waals surface area contributed by atoms with Crippen molar-refractivity contribution in [1.29, 1.82) is 0 Å². The maximum Gasteiger partial charge on any atom is 0.211 e. The van der Waals surface area contributed by atoms with E-state index in [-0.39, 0.29) is 0 Å². The fraction of sp³-hybridized carbons (Fsp3) is 1.00. The normalized spacial score (nSPS) is 31.5. The molecule has 2 aliphatic rings. The maximum atomic E-state index is 11.6. The van der Waals surface area contributed by atoms with Crippen molar-refractivity contribution in [3.63, 3.8) is 0 Å². The minimum atomic E-state index is -3.03. The lowest BCUT2D eigenvalue weighted by Crippen LogP contribution is -2.45. The first-order valence-electron chi connectivity index (χ1n) is 7.27. The highest BCUT2D eigenvalue weighted by atomic mass is 32.2. The van der Waals surface area contributed by atoms with Gasteiger partial charge in [0.15, 0.2) is 0 Å². The van der Waals surface area contributed by atoms with E-state index in [4.69, 9.17) is 4.74 Å². The summed E-state index contributed by atoms with van der Waals surface area (Å²) in [7, 11) is -3.03. The van der Waals surface area contributed by atoms with Crippen LogP contribution in [0.1, 0.15) is 32.6 Å². The van der Waals surface area contributed by atoms with Crippen LogP contribution in [0.4, 0.5) is 0 Å². The van der Waals surface area contributed by atoms with Crippen molar-refractivity contribution in [1.82, 2.24) is 9.62 Å². The van der Waals surface area contributed by atoms with Crippen molar-refractivity contribution >= 4 is 10.0 Å². The predicted molar refractivity (Wildman–Crippen MR) is 75.6 cm³/mol. The Bertz CT molecular complexity index is 379. The zero-order valence-corrected chi connectivity index (χ0v) is 12.8.